The summed E-state index contributed by atoms with van der Waals surface area (Å²) < 4.78 is 10.9. The summed E-state index contributed by atoms with van der Waals surface area (Å²) in [6, 6.07) is 5.51. The molecule has 3 rings (SSSR count). The molecule has 0 fully saturated rings. The van der Waals surface area contributed by atoms with Gasteiger partial charge in [-0.05, 0) is 30.7 Å². The number of hydrogen-bond acceptors (Lipinski definition) is 6. The van der Waals surface area contributed by atoms with E-state index in [4.69, 9.17) is 9.47 Å². The first-order chi connectivity index (χ1) is 10.7. The van der Waals surface area contributed by atoms with Crippen LogP contribution in [0.5, 0.6) is 11.5 Å². The first-order valence-electron chi connectivity index (χ1n) is 6.83. The summed E-state index contributed by atoms with van der Waals surface area (Å²) in [7, 11) is 0. The van der Waals surface area contributed by atoms with Crippen molar-refractivity contribution in [2.24, 2.45) is 5.10 Å². The lowest BCUT2D eigenvalue weighted by Gasteiger charge is -2.18. The quantitative estimate of drug-likeness (QED) is 0.690. The molecule has 2 heterocycles. The van der Waals surface area contributed by atoms with E-state index < -0.39 is 0 Å². The van der Waals surface area contributed by atoms with Crippen LogP contribution >= 0.6 is 11.3 Å². The number of amides is 1. The Hall–Kier alpha value is -2.41. The number of thiazole rings is 1. The van der Waals surface area contributed by atoms with Crippen LogP contribution in [0, 0.1) is 6.92 Å². The highest BCUT2D eigenvalue weighted by Gasteiger charge is 2.11. The number of fused-ring (bicyclic) bond motifs is 1. The predicted molar refractivity (Wildman–Crippen MR) is 83.7 cm³/mol. The fourth-order valence-corrected chi connectivity index (χ4v) is 2.63. The van der Waals surface area contributed by atoms with Gasteiger partial charge < -0.3 is 9.47 Å². The fourth-order valence-electron chi connectivity index (χ4n) is 2.01. The third-order valence-electron chi connectivity index (χ3n) is 2.98. The highest BCUT2D eigenvalue weighted by molar-refractivity contribution is 7.09. The van der Waals surface area contributed by atoms with Gasteiger partial charge in [0.25, 0.3) is 0 Å². The third kappa shape index (κ3) is 3.62. The zero-order chi connectivity index (χ0) is 15.4. The van der Waals surface area contributed by atoms with Crippen molar-refractivity contribution in [3.05, 3.63) is 39.8 Å². The number of nitrogens with zero attached hydrogens (tertiary/aromatic N) is 2. The molecule has 0 aliphatic carbocycles. The lowest BCUT2D eigenvalue weighted by Crippen LogP contribution is -2.20. The number of rotatable bonds is 4. The molecule has 1 aromatic carbocycles. The summed E-state index contributed by atoms with van der Waals surface area (Å²) >= 11 is 1.52. The van der Waals surface area contributed by atoms with Gasteiger partial charge in [0.1, 0.15) is 13.2 Å². The molecule has 1 amide bonds. The molecule has 1 aromatic heterocycles. The van der Waals surface area contributed by atoms with Gasteiger partial charge in [0.15, 0.2) is 11.5 Å². The van der Waals surface area contributed by atoms with Gasteiger partial charge in [0.05, 0.1) is 23.3 Å². The zero-order valence-corrected chi connectivity index (χ0v) is 12.9. The monoisotopic (exact) mass is 317 g/mol. The Balaban J connectivity index is 1.56. The van der Waals surface area contributed by atoms with E-state index in [1.165, 1.54) is 11.3 Å². The van der Waals surface area contributed by atoms with Gasteiger partial charge in [-0.2, -0.15) is 5.10 Å². The summed E-state index contributed by atoms with van der Waals surface area (Å²) in [5, 5.41) is 6.77. The lowest BCUT2D eigenvalue weighted by atomic mass is 10.2. The molecular weight excluding hydrogens is 302 g/mol. The zero-order valence-electron chi connectivity index (χ0n) is 12.0. The number of carbonyl (C=O) groups excluding carboxylic acids is 1. The molecule has 1 aliphatic heterocycles. The highest BCUT2D eigenvalue weighted by atomic mass is 32.1. The maximum Gasteiger partial charge on any atom is 0.246 e. The number of hydrogen-bond donors (Lipinski definition) is 1. The molecule has 0 saturated carbocycles. The summed E-state index contributed by atoms with van der Waals surface area (Å²) in [6.07, 6.45) is 1.80. The normalized spacial score (nSPS) is 13.3. The highest BCUT2D eigenvalue weighted by Crippen LogP contribution is 2.30. The van der Waals surface area contributed by atoms with Crippen molar-refractivity contribution in [3.63, 3.8) is 0 Å². The topological polar surface area (TPSA) is 72.8 Å². The Bertz CT molecular complexity index is 712. The average Bonchev–Trinajstić information content (AvgIpc) is 2.92. The minimum absolute atomic E-state index is 0.195. The van der Waals surface area contributed by atoms with Gasteiger partial charge in [-0.1, -0.05) is 0 Å². The van der Waals surface area contributed by atoms with Crippen molar-refractivity contribution in [3.8, 4) is 11.5 Å². The van der Waals surface area contributed by atoms with E-state index in [9.17, 15) is 4.79 Å². The van der Waals surface area contributed by atoms with Crippen molar-refractivity contribution >= 4 is 23.5 Å². The van der Waals surface area contributed by atoms with Crippen molar-refractivity contribution in [1.29, 1.82) is 0 Å². The van der Waals surface area contributed by atoms with Crippen LogP contribution in [0.3, 0.4) is 0 Å². The van der Waals surface area contributed by atoms with Gasteiger partial charge in [-0.3, -0.25) is 4.79 Å². The van der Waals surface area contributed by atoms with Crippen molar-refractivity contribution < 1.29 is 14.3 Å². The molecule has 1 aliphatic rings. The Kier molecular flexibility index (Phi) is 4.34. The van der Waals surface area contributed by atoms with Crippen LogP contribution in [0.1, 0.15) is 16.3 Å². The number of benzene rings is 1. The summed E-state index contributed by atoms with van der Waals surface area (Å²) in [6.45, 7) is 3.01. The van der Waals surface area contributed by atoms with Crippen molar-refractivity contribution in [2.75, 3.05) is 13.2 Å². The number of nitrogens with one attached hydrogen (secondary N) is 1. The van der Waals surface area contributed by atoms with Gasteiger partial charge in [-0.15, -0.1) is 11.3 Å². The van der Waals surface area contributed by atoms with Gasteiger partial charge >= 0.3 is 0 Å². The van der Waals surface area contributed by atoms with Crippen LogP contribution in [0.25, 0.3) is 0 Å². The maximum atomic E-state index is 11.7. The van der Waals surface area contributed by atoms with Crippen LogP contribution in [0.4, 0.5) is 0 Å². The number of aryl methyl sites for hydroxylation is 1. The second-order valence-electron chi connectivity index (χ2n) is 4.73. The van der Waals surface area contributed by atoms with E-state index in [2.05, 4.69) is 15.5 Å². The first-order valence-corrected chi connectivity index (χ1v) is 7.71. The second kappa shape index (κ2) is 6.57. The molecular formula is C15H15N3O3S. The second-order valence-corrected chi connectivity index (χ2v) is 5.79. The minimum Gasteiger partial charge on any atom is -0.486 e. The molecule has 0 unspecified atom stereocenters. The Morgan fingerprint density at radius 3 is 3.00 bits per heavy atom. The predicted octanol–water partition coefficient (Wildman–Crippen LogP) is 1.92. The lowest BCUT2D eigenvalue weighted by molar-refractivity contribution is -0.120. The van der Waals surface area contributed by atoms with Crippen LogP contribution in [0.2, 0.25) is 0 Å². The standard InChI is InChI=1S/C15H15N3O3S/c1-10-17-12(9-22-10)7-15(19)18-16-8-11-2-3-13-14(6-11)21-5-4-20-13/h2-3,6,8-9H,4-5,7H2,1H3,(H,18,19). The Labute approximate surface area is 131 Å². The maximum absolute atomic E-state index is 11.7. The van der Waals surface area contributed by atoms with Crippen LogP contribution in [-0.4, -0.2) is 30.3 Å². The Morgan fingerprint density at radius 2 is 2.23 bits per heavy atom. The molecule has 0 spiro atoms. The average molecular weight is 317 g/mol. The molecule has 7 heteroatoms. The molecule has 0 saturated heterocycles. The Morgan fingerprint density at radius 1 is 1.41 bits per heavy atom. The largest absolute Gasteiger partial charge is 0.486 e. The molecule has 2 aromatic rings. The van der Waals surface area contributed by atoms with E-state index in [1.807, 2.05) is 30.5 Å². The van der Waals surface area contributed by atoms with Crippen LogP contribution in [-0.2, 0) is 11.2 Å². The molecule has 114 valence electrons. The van der Waals surface area contributed by atoms with Gasteiger partial charge in [0.2, 0.25) is 5.91 Å². The van der Waals surface area contributed by atoms with Crippen LogP contribution < -0.4 is 14.9 Å². The molecule has 0 bridgehead atoms. The van der Waals surface area contributed by atoms with Crippen molar-refractivity contribution in [2.45, 2.75) is 13.3 Å². The number of aromatic nitrogens is 1. The van der Waals surface area contributed by atoms with E-state index in [0.29, 0.717) is 19.0 Å². The number of carbonyl (C=O) groups is 1. The molecule has 0 atom stereocenters. The molecule has 6 nitrogen and oxygen atoms in total. The SMILES string of the molecule is Cc1nc(CC(=O)NN=Cc2ccc3c(c2)OCCO3)cs1. The van der Waals surface area contributed by atoms with E-state index in [0.717, 1.165) is 22.0 Å². The van der Waals surface area contributed by atoms with E-state index in [1.54, 1.807) is 6.21 Å². The van der Waals surface area contributed by atoms with Gasteiger partial charge in [-0.25, -0.2) is 10.4 Å². The van der Waals surface area contributed by atoms with Crippen LogP contribution in [0.15, 0.2) is 28.7 Å². The third-order valence-corrected chi connectivity index (χ3v) is 3.80. The van der Waals surface area contributed by atoms with Crippen molar-refractivity contribution in [1.82, 2.24) is 10.4 Å². The number of hydrazone groups is 1. The molecule has 22 heavy (non-hydrogen) atoms. The van der Waals surface area contributed by atoms with Gasteiger partial charge in [0, 0.05) is 5.38 Å². The molecule has 1 N–H and O–H groups in total. The van der Waals surface area contributed by atoms with E-state index in [-0.39, 0.29) is 12.3 Å². The molecule has 0 radical (unpaired) electrons. The summed E-state index contributed by atoms with van der Waals surface area (Å²) in [4.78, 5) is 16.0. The first kappa shape index (κ1) is 14.5. The smallest absolute Gasteiger partial charge is 0.246 e. The summed E-state index contributed by atoms with van der Waals surface area (Å²) in [5.41, 5.74) is 4.08. The van der Waals surface area contributed by atoms with E-state index >= 15 is 0 Å². The summed E-state index contributed by atoms with van der Waals surface area (Å²) in [5.74, 6) is 1.23. The fraction of sp³-hybridized carbons (Fsp3) is 0.267. The minimum atomic E-state index is -0.195. The number of ether oxygens (including phenoxy) is 2.